The van der Waals surface area contributed by atoms with Crippen LogP contribution in [0.4, 0.5) is 0 Å². The molecule has 0 aliphatic carbocycles. The van der Waals surface area contributed by atoms with E-state index in [2.05, 4.69) is 5.32 Å². The lowest BCUT2D eigenvalue weighted by molar-refractivity contribution is -0.165. The minimum absolute atomic E-state index is 0.0923. The Balaban J connectivity index is 1.33. The summed E-state index contributed by atoms with van der Waals surface area (Å²) in [6.07, 6.45) is 3.87. The number of hydrogen-bond donors (Lipinski definition) is 1. The summed E-state index contributed by atoms with van der Waals surface area (Å²) in [5.74, 6) is -6.20. The number of likely N-dealkylation sites (N-methyl/N-ethyl adjacent to an activating group) is 3. The van der Waals surface area contributed by atoms with Gasteiger partial charge < -0.3 is 58.2 Å². The molecule has 3 aliphatic rings. The van der Waals surface area contributed by atoms with Gasteiger partial charge in [-0.2, -0.15) is 0 Å². The number of nitrogens with one attached hydrogen (secondary N) is 1. The van der Waals surface area contributed by atoms with Gasteiger partial charge in [0.25, 0.3) is 11.8 Å². The highest BCUT2D eigenvalue weighted by Gasteiger charge is 2.45. The van der Waals surface area contributed by atoms with Crippen LogP contribution in [0.2, 0.25) is 0 Å². The Kier molecular flexibility index (Phi) is 22.8. The van der Waals surface area contributed by atoms with Gasteiger partial charge in [-0.05, 0) is 134 Å². The first-order valence-electron chi connectivity index (χ1n) is 28.7. The molecule has 6 atom stereocenters. The fraction of sp³-hybridized carbons (Fsp3) is 0.524. The minimum Gasteiger partial charge on any atom is -0.493 e. The van der Waals surface area contributed by atoms with E-state index in [9.17, 15) is 47.9 Å². The Hall–Kier alpha value is -8.30. The van der Waals surface area contributed by atoms with Gasteiger partial charge in [0.1, 0.15) is 54.3 Å². The van der Waals surface area contributed by atoms with E-state index >= 15 is 0 Å². The number of amides is 6. The van der Waals surface area contributed by atoms with E-state index in [1.165, 1.54) is 69.9 Å². The third-order valence-corrected chi connectivity index (χ3v) is 15.4. The monoisotopic (exact) mass is 1180 g/mol. The van der Waals surface area contributed by atoms with Crippen molar-refractivity contribution < 1.29 is 76.4 Å². The topological polar surface area (TPSA) is 254 Å². The van der Waals surface area contributed by atoms with Crippen LogP contribution in [0, 0.1) is 5.41 Å². The summed E-state index contributed by atoms with van der Waals surface area (Å²) in [5, 5.41) is 2.78. The summed E-state index contributed by atoms with van der Waals surface area (Å²) in [5.41, 5.74) is -0.837. The standard InChI is InChI=1S/C63H82N6O16/c1-40-56(74)64-54(42-21-13-12-14-22-42)59(77)67(9)47(37-53(72)85-62(2,3)4)58(76)68-34-20-26-45(68)57(75)65(7)32-17-16-27-52(71)83-39-63(5,6)55(73)60(78)69-33-18-15-25-46(69)61(79)84-48(30-28-41-29-31-49(80-10)50(35-41)81-11)43-23-19-24-44(36-43)82-38-51(70)66(40)8/h12-14,16,19,21-24,27,29,31,35-36,40,45-48,54H,15,17-18,20,25-26,28,30,32-34,37-39H2,1-11H3,(H,64,74)/t40-,45-,46-,47-,48+,54?/m0/s1. The lowest BCUT2D eigenvalue weighted by Gasteiger charge is -2.36. The molecule has 2 bridgehead atoms. The van der Waals surface area contributed by atoms with Crippen molar-refractivity contribution in [3.63, 3.8) is 0 Å². The first-order chi connectivity index (χ1) is 40.2. The van der Waals surface area contributed by atoms with Crippen LogP contribution in [0.3, 0.4) is 0 Å². The van der Waals surface area contributed by atoms with Gasteiger partial charge in [0.05, 0.1) is 26.1 Å². The first-order valence-corrected chi connectivity index (χ1v) is 28.7. The van der Waals surface area contributed by atoms with E-state index in [-0.39, 0.29) is 51.1 Å². The predicted octanol–water partition coefficient (Wildman–Crippen LogP) is 5.49. The molecule has 3 heterocycles. The van der Waals surface area contributed by atoms with Crippen LogP contribution in [-0.4, -0.2) is 182 Å². The molecule has 0 spiro atoms. The SMILES string of the molecule is COc1ccc(CC[C@H]2OC(=O)[C@@H]3CCCCN3C(=O)C(=O)C(C)(C)COC(=O)C=CCCN(C)C(=O)[C@@H]3CCCN3C(=O)[C@H](CC(=O)OC(C)(C)C)N(C)C(=O)C(c3ccccc3)NC(=O)[C@H](C)N(C)C(=O)COc3cccc2c3)cc1OC. The maximum atomic E-state index is 14.9. The number of benzene rings is 3. The molecule has 6 amide bonds. The van der Waals surface area contributed by atoms with E-state index in [0.29, 0.717) is 48.3 Å². The highest BCUT2D eigenvalue weighted by Crippen LogP contribution is 2.33. The molecule has 1 unspecified atom stereocenters. The molecule has 0 saturated carbocycles. The van der Waals surface area contributed by atoms with Crippen molar-refractivity contribution in [2.24, 2.45) is 5.41 Å². The van der Waals surface area contributed by atoms with Gasteiger partial charge in [0.15, 0.2) is 18.1 Å². The van der Waals surface area contributed by atoms with Gasteiger partial charge in [-0.15, -0.1) is 0 Å². The summed E-state index contributed by atoms with van der Waals surface area (Å²) in [4.78, 5) is 148. The van der Waals surface area contributed by atoms with Gasteiger partial charge in [0.2, 0.25) is 29.4 Å². The molecule has 6 rings (SSSR count). The molecule has 2 fully saturated rings. The Morgan fingerprint density at radius 1 is 0.729 bits per heavy atom. The van der Waals surface area contributed by atoms with Crippen LogP contribution in [-0.2, 0) is 68.6 Å². The summed E-state index contributed by atoms with van der Waals surface area (Å²) in [6, 6.07) is 14.0. The van der Waals surface area contributed by atoms with Gasteiger partial charge >= 0.3 is 17.9 Å². The predicted molar refractivity (Wildman–Crippen MR) is 310 cm³/mol. The highest BCUT2D eigenvalue weighted by atomic mass is 16.6. The first kappa shape index (κ1) is 65.8. The number of rotatable bonds is 8. The minimum atomic E-state index is -1.51. The van der Waals surface area contributed by atoms with E-state index < -0.39 is 126 Å². The number of ketones is 1. The zero-order chi connectivity index (χ0) is 62.3. The Labute approximate surface area is 497 Å². The molecule has 3 aromatic carbocycles. The van der Waals surface area contributed by atoms with Crippen molar-refractivity contribution in [2.75, 3.05) is 68.2 Å². The summed E-state index contributed by atoms with van der Waals surface area (Å²) < 4.78 is 34.4. The zero-order valence-corrected chi connectivity index (χ0v) is 50.7. The van der Waals surface area contributed by atoms with Gasteiger partial charge in [0, 0.05) is 46.9 Å². The van der Waals surface area contributed by atoms with Crippen LogP contribution in [0.15, 0.2) is 84.9 Å². The smallest absolute Gasteiger partial charge is 0.330 e. The largest absolute Gasteiger partial charge is 0.493 e. The van der Waals surface area contributed by atoms with E-state index in [4.69, 9.17) is 28.4 Å². The van der Waals surface area contributed by atoms with Crippen LogP contribution in [0.1, 0.15) is 122 Å². The molecule has 22 nitrogen and oxygen atoms in total. The number of piperidine rings is 1. The average molecular weight is 1180 g/mol. The maximum absolute atomic E-state index is 14.9. The number of hydrogen-bond acceptors (Lipinski definition) is 16. The van der Waals surface area contributed by atoms with Crippen LogP contribution in [0.5, 0.6) is 17.2 Å². The third kappa shape index (κ3) is 17.4. The van der Waals surface area contributed by atoms with E-state index in [1.807, 2.05) is 6.07 Å². The number of ether oxygens (including phenoxy) is 6. The van der Waals surface area contributed by atoms with Crippen molar-refractivity contribution in [2.45, 2.75) is 141 Å². The van der Waals surface area contributed by atoms with E-state index in [1.54, 1.807) is 94.5 Å². The second kappa shape index (κ2) is 29.5. The van der Waals surface area contributed by atoms with E-state index in [0.717, 1.165) is 21.4 Å². The number of methoxy groups -OCH3 is 2. The normalized spacial score (nSPS) is 23.4. The molecule has 0 aromatic heterocycles. The zero-order valence-electron chi connectivity index (χ0n) is 50.7. The molecule has 3 aliphatic heterocycles. The van der Waals surface area contributed by atoms with Crippen LogP contribution < -0.4 is 19.5 Å². The van der Waals surface area contributed by atoms with Crippen LogP contribution >= 0.6 is 0 Å². The number of cyclic esters (lactones) is 2. The van der Waals surface area contributed by atoms with Gasteiger partial charge in [-0.1, -0.05) is 54.6 Å². The van der Waals surface area contributed by atoms with Crippen molar-refractivity contribution in [3.8, 4) is 17.2 Å². The van der Waals surface area contributed by atoms with Crippen molar-refractivity contribution in [3.05, 3.63) is 102 Å². The highest BCUT2D eigenvalue weighted by molar-refractivity contribution is 6.38. The van der Waals surface area contributed by atoms with Crippen LogP contribution in [0.25, 0.3) is 0 Å². The number of Topliss-reactive ketones (excluding diaryl/α,β-unsaturated/α-hetero) is 1. The Morgan fingerprint density at radius 2 is 1.41 bits per heavy atom. The molecule has 460 valence electrons. The Morgan fingerprint density at radius 3 is 2.11 bits per heavy atom. The second-order valence-electron chi connectivity index (χ2n) is 23.3. The fourth-order valence-corrected chi connectivity index (χ4v) is 10.3. The van der Waals surface area contributed by atoms with Gasteiger partial charge in [-0.3, -0.25) is 38.4 Å². The molecule has 0 radical (unpaired) electrons. The molecule has 3 aromatic rings. The summed E-state index contributed by atoms with van der Waals surface area (Å²) >= 11 is 0. The molecule has 1 N–H and O–H groups in total. The van der Waals surface area contributed by atoms with Crippen molar-refractivity contribution in [1.29, 1.82) is 0 Å². The van der Waals surface area contributed by atoms with Gasteiger partial charge in [-0.25, -0.2) is 9.59 Å². The number of carbonyl (C=O) groups is 10. The molecular weight excluding hydrogens is 1100 g/mol. The van der Waals surface area contributed by atoms with Crippen molar-refractivity contribution >= 4 is 59.1 Å². The molecular formula is C63H82N6O16. The van der Waals surface area contributed by atoms with Crippen molar-refractivity contribution in [1.82, 2.24) is 29.8 Å². The number of aryl methyl sites for hydroxylation is 1. The fourth-order valence-electron chi connectivity index (χ4n) is 10.3. The lowest BCUT2D eigenvalue weighted by Crippen LogP contribution is -2.57. The molecule has 22 heteroatoms. The summed E-state index contributed by atoms with van der Waals surface area (Å²) in [7, 11) is 7.32. The number of nitrogens with zero attached hydrogens (tertiary/aromatic N) is 5. The average Bonchev–Trinajstić information content (AvgIpc) is 4.24. The number of esters is 3. The second-order valence-corrected chi connectivity index (χ2v) is 23.3. The number of carbonyl (C=O) groups excluding carboxylic acids is 10. The number of fused-ring (bicyclic) bond motifs is 4. The molecule has 85 heavy (non-hydrogen) atoms. The Bertz CT molecular complexity index is 2960. The quantitative estimate of drug-likeness (QED) is 0.166. The lowest BCUT2D eigenvalue weighted by atomic mass is 9.87. The maximum Gasteiger partial charge on any atom is 0.330 e. The molecule has 2 saturated heterocycles. The third-order valence-electron chi connectivity index (χ3n) is 15.4. The summed E-state index contributed by atoms with van der Waals surface area (Å²) in [6.45, 7) is 8.68.